The van der Waals surface area contributed by atoms with Crippen LogP contribution in [0.3, 0.4) is 0 Å². The van der Waals surface area contributed by atoms with Crippen molar-refractivity contribution in [1.82, 2.24) is 9.88 Å². The molecule has 2 fully saturated rings. The first-order valence-electron chi connectivity index (χ1n) is 12.3. The third kappa shape index (κ3) is 6.22. The Morgan fingerprint density at radius 3 is 2.45 bits per heavy atom. The molecule has 1 aliphatic carbocycles. The third-order valence-corrected chi connectivity index (χ3v) is 7.35. The van der Waals surface area contributed by atoms with Crippen LogP contribution in [0.5, 0.6) is 5.75 Å². The summed E-state index contributed by atoms with van der Waals surface area (Å²) in [5.41, 5.74) is 2.52. The van der Waals surface area contributed by atoms with Crippen molar-refractivity contribution in [2.75, 3.05) is 44.7 Å². The van der Waals surface area contributed by atoms with Gasteiger partial charge in [0.25, 0.3) is 0 Å². The lowest BCUT2D eigenvalue weighted by Crippen LogP contribution is -2.46. The van der Waals surface area contributed by atoms with Crippen molar-refractivity contribution in [2.45, 2.75) is 57.3 Å². The highest BCUT2D eigenvalue weighted by Crippen LogP contribution is 2.33. The second kappa shape index (κ2) is 11.5. The second-order valence-corrected chi connectivity index (χ2v) is 9.32. The van der Waals surface area contributed by atoms with Gasteiger partial charge in [-0.05, 0) is 56.0 Å². The molecule has 31 heavy (non-hydrogen) atoms. The number of piperazine rings is 1. The Kier molecular flexibility index (Phi) is 8.23. The van der Waals surface area contributed by atoms with Gasteiger partial charge in [-0.25, -0.2) is 0 Å². The van der Waals surface area contributed by atoms with Crippen LogP contribution < -0.4 is 9.64 Å². The molecule has 0 bridgehead atoms. The van der Waals surface area contributed by atoms with Gasteiger partial charge in [0, 0.05) is 44.0 Å². The molecule has 0 radical (unpaired) electrons. The summed E-state index contributed by atoms with van der Waals surface area (Å²) in [5.74, 6) is 2.52. The Morgan fingerprint density at radius 2 is 1.71 bits per heavy atom. The first-order chi connectivity index (χ1) is 15.3. The highest BCUT2D eigenvalue weighted by atomic mass is 16.5. The van der Waals surface area contributed by atoms with E-state index in [4.69, 9.17) is 9.72 Å². The van der Waals surface area contributed by atoms with Crippen molar-refractivity contribution < 1.29 is 4.74 Å². The summed E-state index contributed by atoms with van der Waals surface area (Å²) in [6.07, 6.45) is 13.1. The minimum atomic E-state index is 0.593. The van der Waals surface area contributed by atoms with E-state index in [1.807, 2.05) is 18.3 Å². The van der Waals surface area contributed by atoms with E-state index in [1.54, 1.807) is 7.11 Å². The molecule has 2 aliphatic rings. The van der Waals surface area contributed by atoms with E-state index < -0.39 is 0 Å². The van der Waals surface area contributed by atoms with Gasteiger partial charge >= 0.3 is 0 Å². The molecule has 4 rings (SSSR count). The Morgan fingerprint density at radius 1 is 0.935 bits per heavy atom. The van der Waals surface area contributed by atoms with E-state index in [-0.39, 0.29) is 0 Å². The van der Waals surface area contributed by atoms with Gasteiger partial charge < -0.3 is 9.64 Å². The maximum Gasteiger partial charge on any atom is 0.142 e. The zero-order chi connectivity index (χ0) is 21.3. The summed E-state index contributed by atoms with van der Waals surface area (Å²) in [7, 11) is 1.76. The third-order valence-electron chi connectivity index (χ3n) is 7.35. The van der Waals surface area contributed by atoms with Crippen LogP contribution in [0.25, 0.3) is 0 Å². The van der Waals surface area contributed by atoms with Crippen LogP contribution in [-0.2, 0) is 0 Å². The van der Waals surface area contributed by atoms with E-state index in [9.17, 15) is 0 Å². The maximum atomic E-state index is 5.57. The molecule has 0 spiro atoms. The highest BCUT2D eigenvalue weighted by molar-refractivity contribution is 5.58. The maximum absolute atomic E-state index is 5.57. The van der Waals surface area contributed by atoms with E-state index in [0.717, 1.165) is 37.8 Å². The number of anilines is 1. The highest BCUT2D eigenvalue weighted by Gasteiger charge is 2.22. The van der Waals surface area contributed by atoms with Gasteiger partial charge in [0.2, 0.25) is 0 Å². The van der Waals surface area contributed by atoms with Gasteiger partial charge in [-0.1, -0.05) is 50.3 Å². The average molecular weight is 422 g/mol. The zero-order valence-corrected chi connectivity index (χ0v) is 19.2. The number of nitrogens with zero attached hydrogens (tertiary/aromatic N) is 3. The average Bonchev–Trinajstić information content (AvgIpc) is 2.85. The van der Waals surface area contributed by atoms with E-state index >= 15 is 0 Å². The van der Waals surface area contributed by atoms with Gasteiger partial charge in [0.05, 0.1) is 12.8 Å². The number of pyridine rings is 1. The molecule has 0 amide bonds. The number of ether oxygens (including phenoxy) is 1. The van der Waals surface area contributed by atoms with Gasteiger partial charge in [0.15, 0.2) is 0 Å². The first-order valence-corrected chi connectivity index (χ1v) is 12.3. The zero-order valence-electron chi connectivity index (χ0n) is 19.2. The number of benzene rings is 1. The van der Waals surface area contributed by atoms with Crippen LogP contribution in [0, 0.1) is 5.92 Å². The van der Waals surface area contributed by atoms with Crippen molar-refractivity contribution in [3.05, 3.63) is 54.4 Å². The van der Waals surface area contributed by atoms with E-state index in [1.165, 1.54) is 69.3 Å². The number of para-hydroxylation sites is 2. The molecule has 1 aliphatic heterocycles. The quantitative estimate of drug-likeness (QED) is 0.516. The second-order valence-electron chi connectivity index (χ2n) is 9.32. The Labute approximate surface area is 188 Å². The van der Waals surface area contributed by atoms with Crippen LogP contribution in [0.15, 0.2) is 48.7 Å². The summed E-state index contributed by atoms with van der Waals surface area (Å²) in [6, 6.07) is 14.8. The molecule has 1 saturated heterocycles. The molecule has 2 heterocycles. The van der Waals surface area contributed by atoms with Crippen LogP contribution in [-0.4, -0.2) is 49.7 Å². The van der Waals surface area contributed by atoms with Crippen molar-refractivity contribution in [2.24, 2.45) is 5.92 Å². The topological polar surface area (TPSA) is 28.6 Å². The largest absolute Gasteiger partial charge is 0.495 e. The monoisotopic (exact) mass is 421 g/mol. The van der Waals surface area contributed by atoms with Crippen molar-refractivity contribution in [1.29, 1.82) is 0 Å². The summed E-state index contributed by atoms with van der Waals surface area (Å²) >= 11 is 0. The van der Waals surface area contributed by atoms with Crippen LogP contribution in [0.4, 0.5) is 5.69 Å². The Hall–Kier alpha value is -2.07. The number of aromatic nitrogens is 1. The fourth-order valence-electron chi connectivity index (χ4n) is 5.41. The standard InChI is InChI=1S/C27H39N3O/c1-31-27-13-6-5-12-26(27)30-21-19-29(20-22-30)18-16-24(25-11-7-8-17-28-25)15-14-23-9-3-2-4-10-23/h5-8,11-13,17,23-24H,2-4,9-10,14-16,18-22H2,1H3. The van der Waals surface area contributed by atoms with Gasteiger partial charge in [-0.2, -0.15) is 0 Å². The summed E-state index contributed by atoms with van der Waals surface area (Å²) in [5, 5.41) is 0. The number of rotatable bonds is 9. The molecular weight excluding hydrogens is 382 g/mol. The molecule has 1 atom stereocenters. The van der Waals surface area contributed by atoms with Crippen molar-refractivity contribution in [3.8, 4) is 5.75 Å². The Bertz CT molecular complexity index is 767. The van der Waals surface area contributed by atoms with Gasteiger partial charge in [-0.3, -0.25) is 9.88 Å². The molecule has 1 saturated carbocycles. The predicted molar refractivity (Wildman–Crippen MR) is 129 cm³/mol. The molecule has 1 aromatic carbocycles. The molecule has 168 valence electrons. The number of hydrogen-bond donors (Lipinski definition) is 0. The van der Waals surface area contributed by atoms with Crippen molar-refractivity contribution in [3.63, 3.8) is 0 Å². The van der Waals surface area contributed by atoms with Crippen LogP contribution in [0.1, 0.15) is 63.0 Å². The lowest BCUT2D eigenvalue weighted by Gasteiger charge is -2.37. The lowest BCUT2D eigenvalue weighted by atomic mass is 9.83. The molecule has 0 N–H and O–H groups in total. The Balaban J connectivity index is 1.29. The number of hydrogen-bond acceptors (Lipinski definition) is 4. The van der Waals surface area contributed by atoms with Gasteiger partial charge in [-0.15, -0.1) is 0 Å². The van der Waals surface area contributed by atoms with Crippen molar-refractivity contribution >= 4 is 5.69 Å². The minimum Gasteiger partial charge on any atom is -0.495 e. The van der Waals surface area contributed by atoms with Gasteiger partial charge in [0.1, 0.15) is 5.75 Å². The SMILES string of the molecule is COc1ccccc1N1CCN(CCC(CCC2CCCCC2)c2ccccn2)CC1. The fourth-order valence-corrected chi connectivity index (χ4v) is 5.41. The fraction of sp³-hybridized carbons (Fsp3) is 0.593. The van der Waals surface area contributed by atoms with E-state index in [2.05, 4.69) is 40.1 Å². The molecular formula is C27H39N3O. The predicted octanol–water partition coefficient (Wildman–Crippen LogP) is 5.75. The normalized spacial score (nSPS) is 19.3. The minimum absolute atomic E-state index is 0.593. The summed E-state index contributed by atoms with van der Waals surface area (Å²) < 4.78 is 5.57. The van der Waals surface area contributed by atoms with E-state index in [0.29, 0.717) is 5.92 Å². The summed E-state index contributed by atoms with van der Waals surface area (Å²) in [6.45, 7) is 5.55. The molecule has 2 aromatic rings. The number of methoxy groups -OCH3 is 1. The van der Waals surface area contributed by atoms with Crippen LogP contribution >= 0.6 is 0 Å². The smallest absolute Gasteiger partial charge is 0.142 e. The molecule has 1 unspecified atom stereocenters. The molecule has 4 nitrogen and oxygen atoms in total. The first kappa shape index (κ1) is 22.1. The molecule has 4 heteroatoms. The molecule has 1 aromatic heterocycles. The summed E-state index contributed by atoms with van der Waals surface area (Å²) in [4.78, 5) is 9.84. The van der Waals surface area contributed by atoms with Crippen LogP contribution in [0.2, 0.25) is 0 Å². The lowest BCUT2D eigenvalue weighted by molar-refractivity contribution is 0.241.